The maximum atomic E-state index is 13.1. The lowest BCUT2D eigenvalue weighted by Crippen LogP contribution is -2.25. The van der Waals surface area contributed by atoms with Gasteiger partial charge in [0, 0.05) is 6.20 Å². The number of para-hydroxylation sites is 1. The van der Waals surface area contributed by atoms with Gasteiger partial charge < -0.3 is 10.6 Å². The van der Waals surface area contributed by atoms with E-state index in [1.807, 2.05) is 0 Å². The second-order valence-electron chi connectivity index (χ2n) is 3.42. The summed E-state index contributed by atoms with van der Waals surface area (Å²) in [7, 11) is 0. The Hall–Kier alpha value is -1.91. The molecule has 0 bridgehead atoms. The molecular formula is C11H12F2N2O. The number of hydrogen-bond donors (Lipinski definition) is 2. The fourth-order valence-electron chi connectivity index (χ4n) is 0.977. The monoisotopic (exact) mass is 226 g/mol. The average molecular weight is 226 g/mol. The number of carbonyl (C=O) groups is 1. The van der Waals surface area contributed by atoms with Crippen LogP contribution in [0.15, 0.2) is 30.0 Å². The van der Waals surface area contributed by atoms with Gasteiger partial charge in [0.1, 0.15) is 17.3 Å². The fraction of sp³-hybridized carbons (Fsp3) is 0.182. The van der Waals surface area contributed by atoms with Gasteiger partial charge in [0.25, 0.3) is 0 Å². The molecule has 1 aromatic carbocycles. The maximum Gasteiger partial charge on any atom is 0.323 e. The Morgan fingerprint density at radius 3 is 2.31 bits per heavy atom. The molecule has 0 saturated heterocycles. The minimum atomic E-state index is -0.813. The van der Waals surface area contributed by atoms with Crippen molar-refractivity contribution in [2.75, 3.05) is 5.32 Å². The SMILES string of the molecule is CC(C)=CNC(=O)Nc1c(F)cccc1F. The molecule has 0 aliphatic heterocycles. The summed E-state index contributed by atoms with van der Waals surface area (Å²) in [6.07, 6.45) is 1.44. The molecule has 5 heteroatoms. The lowest BCUT2D eigenvalue weighted by atomic mass is 10.3. The van der Waals surface area contributed by atoms with Crippen LogP contribution in [0, 0.1) is 11.6 Å². The van der Waals surface area contributed by atoms with Crippen molar-refractivity contribution in [3.05, 3.63) is 41.6 Å². The summed E-state index contributed by atoms with van der Waals surface area (Å²) in [5, 5.41) is 4.43. The minimum Gasteiger partial charge on any atom is -0.314 e. The highest BCUT2D eigenvalue weighted by atomic mass is 19.1. The molecule has 1 rings (SSSR count). The van der Waals surface area contributed by atoms with Crippen molar-refractivity contribution in [2.45, 2.75) is 13.8 Å². The largest absolute Gasteiger partial charge is 0.323 e. The lowest BCUT2D eigenvalue weighted by molar-refractivity contribution is 0.254. The predicted molar refractivity (Wildman–Crippen MR) is 57.9 cm³/mol. The van der Waals surface area contributed by atoms with E-state index in [1.54, 1.807) is 13.8 Å². The summed E-state index contributed by atoms with van der Waals surface area (Å²) in [5.41, 5.74) is 0.409. The van der Waals surface area contributed by atoms with E-state index in [-0.39, 0.29) is 0 Å². The summed E-state index contributed by atoms with van der Waals surface area (Å²) in [6.45, 7) is 3.56. The summed E-state index contributed by atoms with van der Waals surface area (Å²) in [6, 6.07) is 2.67. The number of halogens is 2. The number of nitrogens with one attached hydrogen (secondary N) is 2. The molecule has 2 amide bonds. The number of benzene rings is 1. The van der Waals surface area contributed by atoms with Crippen LogP contribution in [-0.4, -0.2) is 6.03 Å². The molecule has 1 aromatic rings. The summed E-state index contributed by atoms with van der Waals surface area (Å²) in [5.74, 6) is -1.63. The first-order valence-electron chi connectivity index (χ1n) is 4.65. The quantitative estimate of drug-likeness (QED) is 0.799. The van der Waals surface area contributed by atoms with Crippen molar-refractivity contribution < 1.29 is 13.6 Å². The Bertz CT molecular complexity index is 406. The van der Waals surface area contributed by atoms with E-state index in [1.165, 1.54) is 12.3 Å². The molecule has 0 fully saturated rings. The van der Waals surface area contributed by atoms with Gasteiger partial charge in [-0.05, 0) is 26.0 Å². The van der Waals surface area contributed by atoms with E-state index in [9.17, 15) is 13.6 Å². The van der Waals surface area contributed by atoms with Crippen molar-refractivity contribution in [1.82, 2.24) is 5.32 Å². The number of allylic oxidation sites excluding steroid dienone is 1. The molecule has 0 aliphatic carbocycles. The predicted octanol–water partition coefficient (Wildman–Crippen LogP) is 3.01. The van der Waals surface area contributed by atoms with Crippen LogP contribution in [0.4, 0.5) is 19.3 Å². The topological polar surface area (TPSA) is 41.1 Å². The highest BCUT2D eigenvalue weighted by Gasteiger charge is 2.10. The zero-order chi connectivity index (χ0) is 12.1. The standard InChI is InChI=1S/C11H12F2N2O/c1-7(2)6-14-11(16)15-10-8(12)4-3-5-9(10)13/h3-6H,1-2H3,(H2,14,15,16). The number of anilines is 1. The van der Waals surface area contributed by atoms with Gasteiger partial charge in [-0.1, -0.05) is 11.6 Å². The Morgan fingerprint density at radius 2 is 1.81 bits per heavy atom. The number of hydrogen-bond acceptors (Lipinski definition) is 1. The van der Waals surface area contributed by atoms with Gasteiger partial charge in [-0.2, -0.15) is 0 Å². The van der Waals surface area contributed by atoms with Crippen molar-refractivity contribution in [2.24, 2.45) is 0 Å². The fourth-order valence-corrected chi connectivity index (χ4v) is 0.977. The molecule has 0 saturated carbocycles. The second-order valence-corrected chi connectivity index (χ2v) is 3.42. The van der Waals surface area contributed by atoms with E-state index in [0.29, 0.717) is 0 Å². The first-order valence-corrected chi connectivity index (χ1v) is 4.65. The van der Waals surface area contributed by atoms with E-state index < -0.39 is 23.4 Å². The van der Waals surface area contributed by atoms with Crippen LogP contribution >= 0.6 is 0 Å². The third-order valence-corrected chi connectivity index (χ3v) is 1.69. The first-order chi connectivity index (χ1) is 7.50. The van der Waals surface area contributed by atoms with Gasteiger partial charge in [0.05, 0.1) is 0 Å². The van der Waals surface area contributed by atoms with E-state index >= 15 is 0 Å². The summed E-state index contributed by atoms with van der Waals surface area (Å²) >= 11 is 0. The van der Waals surface area contributed by atoms with Crippen molar-refractivity contribution >= 4 is 11.7 Å². The molecular weight excluding hydrogens is 214 g/mol. The van der Waals surface area contributed by atoms with Gasteiger partial charge >= 0.3 is 6.03 Å². The molecule has 0 spiro atoms. The molecule has 0 atom stereocenters. The molecule has 16 heavy (non-hydrogen) atoms. The highest BCUT2D eigenvalue weighted by molar-refractivity contribution is 5.90. The number of rotatable bonds is 2. The van der Waals surface area contributed by atoms with Crippen molar-refractivity contribution in [1.29, 1.82) is 0 Å². The van der Waals surface area contributed by atoms with Gasteiger partial charge in [-0.3, -0.25) is 0 Å². The molecule has 0 aromatic heterocycles. The highest BCUT2D eigenvalue weighted by Crippen LogP contribution is 2.17. The normalized spacial score (nSPS) is 9.50. The summed E-state index contributed by atoms with van der Waals surface area (Å²) < 4.78 is 26.2. The van der Waals surface area contributed by atoms with Crippen LogP contribution < -0.4 is 10.6 Å². The molecule has 0 heterocycles. The maximum absolute atomic E-state index is 13.1. The Labute approximate surface area is 92.2 Å². The molecule has 3 nitrogen and oxygen atoms in total. The van der Waals surface area contributed by atoms with Crippen LogP contribution in [0.25, 0.3) is 0 Å². The average Bonchev–Trinajstić information content (AvgIpc) is 2.21. The Morgan fingerprint density at radius 1 is 1.25 bits per heavy atom. The van der Waals surface area contributed by atoms with E-state index in [0.717, 1.165) is 17.7 Å². The molecule has 2 N–H and O–H groups in total. The van der Waals surface area contributed by atoms with Crippen LogP contribution in [0.2, 0.25) is 0 Å². The third kappa shape index (κ3) is 3.34. The zero-order valence-electron chi connectivity index (χ0n) is 8.97. The van der Waals surface area contributed by atoms with Gasteiger partial charge in [-0.25, -0.2) is 13.6 Å². The lowest BCUT2D eigenvalue weighted by Gasteiger charge is -2.06. The molecule has 0 aliphatic rings. The van der Waals surface area contributed by atoms with Crippen LogP contribution in [-0.2, 0) is 0 Å². The summed E-state index contributed by atoms with van der Waals surface area (Å²) in [4.78, 5) is 11.2. The van der Waals surface area contributed by atoms with Crippen LogP contribution in [0.1, 0.15) is 13.8 Å². The van der Waals surface area contributed by atoms with E-state index in [4.69, 9.17) is 0 Å². The first kappa shape index (κ1) is 12.2. The smallest absolute Gasteiger partial charge is 0.314 e. The molecule has 0 radical (unpaired) electrons. The molecule has 0 unspecified atom stereocenters. The van der Waals surface area contributed by atoms with Crippen molar-refractivity contribution in [3.63, 3.8) is 0 Å². The molecule has 86 valence electrons. The van der Waals surface area contributed by atoms with Gasteiger partial charge in [-0.15, -0.1) is 0 Å². The van der Waals surface area contributed by atoms with Gasteiger partial charge in [0.15, 0.2) is 0 Å². The zero-order valence-corrected chi connectivity index (χ0v) is 8.97. The third-order valence-electron chi connectivity index (χ3n) is 1.69. The van der Waals surface area contributed by atoms with Gasteiger partial charge in [0.2, 0.25) is 0 Å². The minimum absolute atomic E-state index is 0.456. The second kappa shape index (κ2) is 5.25. The Kier molecular flexibility index (Phi) is 3.99. The van der Waals surface area contributed by atoms with Crippen LogP contribution in [0.3, 0.4) is 0 Å². The van der Waals surface area contributed by atoms with E-state index in [2.05, 4.69) is 10.6 Å². The number of carbonyl (C=O) groups excluding carboxylic acids is 1. The number of urea groups is 1. The Balaban J connectivity index is 2.74. The number of amides is 2. The van der Waals surface area contributed by atoms with Crippen LogP contribution in [0.5, 0.6) is 0 Å². The van der Waals surface area contributed by atoms with Crippen molar-refractivity contribution in [3.8, 4) is 0 Å².